The van der Waals surface area contributed by atoms with E-state index in [9.17, 15) is 19.2 Å². The molecule has 14 heteroatoms. The molecule has 0 bridgehead atoms. The third-order valence-electron chi connectivity index (χ3n) is 11.8. The minimum absolute atomic E-state index is 0.0265. The number of piperidine rings is 2. The number of aryl methyl sites for hydroxylation is 2. The third-order valence-corrected chi connectivity index (χ3v) is 11.8. The number of benzene rings is 2. The molecular weight excluding hydrogens is 709 g/mol. The fraction of sp³-hybridized carbons (Fsp3) is 0.405. The molecule has 5 heterocycles. The number of hydrogen-bond acceptors (Lipinski definition) is 11. The van der Waals surface area contributed by atoms with Gasteiger partial charge in [0.1, 0.15) is 17.7 Å². The molecule has 3 aromatic rings. The Morgan fingerprint density at radius 2 is 1.73 bits per heavy atom. The van der Waals surface area contributed by atoms with E-state index in [-0.39, 0.29) is 24.8 Å². The van der Waals surface area contributed by atoms with Crippen molar-refractivity contribution in [2.24, 2.45) is 16.6 Å². The predicted octanol–water partition coefficient (Wildman–Crippen LogP) is 3.78. The summed E-state index contributed by atoms with van der Waals surface area (Å²) in [5, 5.41) is 8.80. The highest BCUT2D eigenvalue weighted by molar-refractivity contribution is 6.26. The van der Waals surface area contributed by atoms with E-state index in [0.29, 0.717) is 46.7 Å². The maximum Gasteiger partial charge on any atom is 0.262 e. The van der Waals surface area contributed by atoms with Gasteiger partial charge >= 0.3 is 0 Å². The molecule has 2 unspecified atom stereocenters. The number of rotatable bonds is 9. The molecule has 4 aliphatic heterocycles. The summed E-state index contributed by atoms with van der Waals surface area (Å²) in [7, 11) is 1.81. The molecule has 2 atom stereocenters. The molecule has 8 rings (SSSR count). The second kappa shape index (κ2) is 15.4. The number of carbonyl (C=O) groups excluding carboxylic acids is 4. The van der Waals surface area contributed by atoms with Crippen LogP contribution in [0.3, 0.4) is 0 Å². The number of nitrogens with two attached hydrogens (primary N) is 1. The Morgan fingerprint density at radius 3 is 2.48 bits per heavy atom. The maximum absolute atomic E-state index is 13.4. The number of imide groups is 2. The van der Waals surface area contributed by atoms with Crippen LogP contribution in [0.25, 0.3) is 0 Å². The monoisotopic (exact) mass is 756 g/mol. The van der Waals surface area contributed by atoms with Gasteiger partial charge in [0.15, 0.2) is 0 Å². The minimum atomic E-state index is -0.947. The van der Waals surface area contributed by atoms with E-state index < -0.39 is 23.8 Å². The molecule has 2 aromatic carbocycles. The number of amidine groups is 1. The van der Waals surface area contributed by atoms with Crippen LogP contribution in [-0.2, 0) is 32.1 Å². The van der Waals surface area contributed by atoms with Gasteiger partial charge in [-0.25, -0.2) is 9.98 Å². The van der Waals surface area contributed by atoms with Crippen molar-refractivity contribution < 1.29 is 19.2 Å². The molecule has 1 aromatic heterocycles. The van der Waals surface area contributed by atoms with E-state index in [4.69, 9.17) is 15.7 Å². The van der Waals surface area contributed by atoms with E-state index in [1.54, 1.807) is 13.2 Å². The number of aromatic nitrogens is 2. The van der Waals surface area contributed by atoms with Gasteiger partial charge < -0.3 is 16.4 Å². The number of amides is 4. The molecule has 1 aliphatic carbocycles. The van der Waals surface area contributed by atoms with Crippen LogP contribution in [0.1, 0.15) is 59.9 Å². The van der Waals surface area contributed by atoms with Gasteiger partial charge in [0.2, 0.25) is 17.8 Å². The first-order chi connectivity index (χ1) is 27.1. The summed E-state index contributed by atoms with van der Waals surface area (Å²) >= 11 is 0. The highest BCUT2D eigenvalue weighted by Crippen LogP contribution is 2.35. The average Bonchev–Trinajstić information content (AvgIpc) is 3.44. The van der Waals surface area contributed by atoms with Crippen LogP contribution in [0.5, 0.6) is 0 Å². The number of anilines is 3. The van der Waals surface area contributed by atoms with Crippen molar-refractivity contribution in [1.82, 2.24) is 30.0 Å². The summed E-state index contributed by atoms with van der Waals surface area (Å²) < 4.78 is 0. The zero-order valence-electron chi connectivity index (χ0n) is 32.1. The normalized spacial score (nSPS) is 22.3. The van der Waals surface area contributed by atoms with Crippen molar-refractivity contribution in [2.45, 2.75) is 71.0 Å². The van der Waals surface area contributed by atoms with E-state index in [1.165, 1.54) is 11.1 Å². The summed E-state index contributed by atoms with van der Waals surface area (Å²) in [5.41, 5.74) is 14.4. The van der Waals surface area contributed by atoms with Crippen molar-refractivity contribution in [3.05, 3.63) is 93.7 Å². The second-order valence-electron chi connectivity index (χ2n) is 15.5. The number of para-hydroxylation sites is 1. The van der Waals surface area contributed by atoms with Gasteiger partial charge in [0.05, 0.1) is 16.8 Å². The molecule has 5 aliphatic rings. The fourth-order valence-corrected chi connectivity index (χ4v) is 8.70. The van der Waals surface area contributed by atoms with Gasteiger partial charge in [-0.2, -0.15) is 4.98 Å². The van der Waals surface area contributed by atoms with Gasteiger partial charge in [-0.15, -0.1) is 0 Å². The van der Waals surface area contributed by atoms with E-state index in [0.717, 1.165) is 79.4 Å². The van der Waals surface area contributed by atoms with Crippen molar-refractivity contribution in [3.63, 3.8) is 0 Å². The van der Waals surface area contributed by atoms with Crippen LogP contribution in [0.2, 0.25) is 0 Å². The Bertz CT molecular complexity index is 2180. The van der Waals surface area contributed by atoms with E-state index in [1.807, 2.05) is 44.2 Å². The van der Waals surface area contributed by atoms with Gasteiger partial charge in [-0.1, -0.05) is 36.4 Å². The van der Waals surface area contributed by atoms with Crippen LogP contribution in [-0.4, -0.2) is 99.4 Å². The Morgan fingerprint density at radius 1 is 0.964 bits per heavy atom. The first-order valence-electron chi connectivity index (χ1n) is 19.5. The lowest BCUT2D eigenvalue weighted by Gasteiger charge is -2.39. The smallest absolute Gasteiger partial charge is 0.262 e. The number of fused-ring (bicyclic) bond motifs is 2. The first kappa shape index (κ1) is 37.2. The molecule has 3 saturated heterocycles. The van der Waals surface area contributed by atoms with Crippen LogP contribution in [0, 0.1) is 19.8 Å². The van der Waals surface area contributed by atoms with Crippen LogP contribution >= 0.6 is 0 Å². The molecule has 56 heavy (non-hydrogen) atoms. The highest BCUT2D eigenvalue weighted by atomic mass is 16.2. The predicted molar refractivity (Wildman–Crippen MR) is 213 cm³/mol. The molecular formula is C42H48N10O4. The molecule has 0 radical (unpaired) electrons. The number of nitrogens with zero attached hydrogens (tertiary/aromatic N) is 6. The molecule has 290 valence electrons. The van der Waals surface area contributed by atoms with Crippen molar-refractivity contribution in [3.8, 4) is 0 Å². The summed E-state index contributed by atoms with van der Waals surface area (Å²) in [6.45, 7) is 8.77. The number of carbonyl (C=O) groups is 4. The second-order valence-corrected chi connectivity index (χ2v) is 15.5. The lowest BCUT2D eigenvalue weighted by molar-refractivity contribution is -0.149. The van der Waals surface area contributed by atoms with Crippen molar-refractivity contribution >= 4 is 52.6 Å². The lowest BCUT2D eigenvalue weighted by Crippen LogP contribution is -2.54. The molecule has 0 saturated carbocycles. The lowest BCUT2D eigenvalue weighted by atomic mass is 9.90. The highest BCUT2D eigenvalue weighted by Gasteiger charge is 2.47. The van der Waals surface area contributed by atoms with Gasteiger partial charge in [0, 0.05) is 56.6 Å². The SMILES string of the molecule is CNc1nc(Nc2ccc3c(c2)CN(CC2CCN(C4C=C5C(=O)N(C6CCC(=O)NC6=O)C(=O)C5=CC4)CC2)CC3)ncc1C(N)=Nc1c(C)cccc1C. The van der Waals surface area contributed by atoms with Gasteiger partial charge in [-0.05, 0) is 99.3 Å². The summed E-state index contributed by atoms with van der Waals surface area (Å²) in [6.07, 6.45) is 9.49. The van der Waals surface area contributed by atoms with Crippen molar-refractivity contribution in [1.29, 1.82) is 0 Å². The van der Waals surface area contributed by atoms with Crippen molar-refractivity contribution in [2.75, 3.05) is 43.9 Å². The maximum atomic E-state index is 13.4. The quantitative estimate of drug-likeness (QED) is 0.142. The molecule has 3 fully saturated rings. The summed E-state index contributed by atoms with van der Waals surface area (Å²) in [5.74, 6) is 0.120. The fourth-order valence-electron chi connectivity index (χ4n) is 8.70. The molecule has 0 spiro atoms. The Balaban J connectivity index is 0.860. The topological polar surface area (TPSA) is 178 Å². The standard InChI is InChI=1S/C42H48N10O4/c1-24-5-4-6-25(2)36(24)48-37(43)33-21-45-42(49-38(33)44-3)46-29-8-7-27-15-16-50(23-28(27)19-29)22-26-13-17-51(18-14-26)30-9-10-31-32(20-30)41(56)52(40(31)55)34-11-12-35(53)47-39(34)54/h4-8,10,19-21,26,30,34H,9,11-18,22-23H2,1-3H3,(H2,43,48)(H,47,53,54)(H2,44,45,46,49). The summed E-state index contributed by atoms with van der Waals surface area (Å²) in [6, 6.07) is 11.6. The van der Waals surface area contributed by atoms with Crippen LogP contribution in [0.15, 0.2) is 70.9 Å². The van der Waals surface area contributed by atoms with E-state index in [2.05, 4.69) is 48.9 Å². The molecule has 5 N–H and O–H groups in total. The number of hydrogen-bond donors (Lipinski definition) is 4. The number of nitrogens with one attached hydrogen (secondary N) is 3. The minimum Gasteiger partial charge on any atom is -0.383 e. The van der Waals surface area contributed by atoms with E-state index >= 15 is 0 Å². The van der Waals surface area contributed by atoms with Crippen LogP contribution < -0.4 is 21.7 Å². The third kappa shape index (κ3) is 7.33. The Labute approximate surface area is 326 Å². The Hall–Kier alpha value is -5.73. The molecule has 4 amide bonds. The van der Waals surface area contributed by atoms with Gasteiger partial charge in [-0.3, -0.25) is 39.2 Å². The molecule has 14 nitrogen and oxygen atoms in total. The zero-order valence-corrected chi connectivity index (χ0v) is 32.1. The summed E-state index contributed by atoms with van der Waals surface area (Å²) in [4.78, 5) is 70.7. The number of likely N-dealkylation sites (tertiary alicyclic amines) is 2. The zero-order chi connectivity index (χ0) is 39.1. The number of aliphatic imine (C=N–C) groups is 1. The Kier molecular flexibility index (Phi) is 10.2. The van der Waals surface area contributed by atoms with Crippen LogP contribution in [0.4, 0.5) is 23.1 Å². The largest absolute Gasteiger partial charge is 0.383 e. The first-order valence-corrected chi connectivity index (χ1v) is 19.5. The average molecular weight is 757 g/mol. The van der Waals surface area contributed by atoms with Gasteiger partial charge in [0.25, 0.3) is 11.8 Å².